The number of cyclic esters (lactones) is 1. The summed E-state index contributed by atoms with van der Waals surface area (Å²) in [7, 11) is 0. The highest BCUT2D eigenvalue weighted by molar-refractivity contribution is 5.73. The fourth-order valence-electron chi connectivity index (χ4n) is 2.45. The third-order valence-corrected chi connectivity index (χ3v) is 3.86. The van der Waals surface area contributed by atoms with E-state index in [0.717, 1.165) is 37.8 Å². The molecule has 1 heterocycles. The summed E-state index contributed by atoms with van der Waals surface area (Å²) in [6.07, 6.45) is -1.28. The van der Waals surface area contributed by atoms with Gasteiger partial charge in [0.15, 0.2) is 0 Å². The molecule has 148 valence electrons. The first kappa shape index (κ1) is 22.1. The third kappa shape index (κ3) is 6.38. The van der Waals surface area contributed by atoms with E-state index in [1.54, 1.807) is 0 Å². The fourth-order valence-corrected chi connectivity index (χ4v) is 2.45. The van der Waals surface area contributed by atoms with Crippen LogP contribution >= 0.6 is 0 Å². The number of carbonyl (C=O) groups is 1. The van der Waals surface area contributed by atoms with Crippen LogP contribution in [0.1, 0.15) is 46.0 Å². The number of allylic oxidation sites excluding steroid dienone is 3. The van der Waals surface area contributed by atoms with Crippen LogP contribution in [0.5, 0.6) is 0 Å². The molecule has 0 radical (unpaired) electrons. The van der Waals surface area contributed by atoms with E-state index in [0.29, 0.717) is 6.42 Å². The van der Waals surface area contributed by atoms with Crippen LogP contribution in [0.25, 0.3) is 0 Å². The van der Waals surface area contributed by atoms with E-state index in [2.05, 4.69) is 18.2 Å². The molecule has 1 atom stereocenters. The number of nitrogens with zero attached hydrogens (tertiary/aromatic N) is 1. The van der Waals surface area contributed by atoms with Crippen molar-refractivity contribution in [3.63, 3.8) is 0 Å². The summed E-state index contributed by atoms with van der Waals surface area (Å²) in [6, 6.07) is 0. The zero-order valence-electron chi connectivity index (χ0n) is 15.0. The Balaban J connectivity index is 2.78. The van der Waals surface area contributed by atoms with E-state index in [1.165, 1.54) is 17.9 Å². The van der Waals surface area contributed by atoms with Crippen LogP contribution in [0.2, 0.25) is 0 Å². The van der Waals surface area contributed by atoms with Crippen molar-refractivity contribution in [2.45, 2.75) is 64.6 Å². The molecule has 26 heavy (non-hydrogen) atoms. The minimum atomic E-state index is -4.63. The zero-order valence-corrected chi connectivity index (χ0v) is 15.0. The Hall–Kier alpha value is -1.99. The smallest absolute Gasteiger partial charge is 0.444 e. The molecule has 1 amide bonds. The van der Waals surface area contributed by atoms with Crippen molar-refractivity contribution in [1.82, 2.24) is 4.90 Å². The van der Waals surface area contributed by atoms with Gasteiger partial charge in [0.05, 0.1) is 12.2 Å². The molecule has 1 saturated heterocycles. The molecule has 0 N–H and O–H groups in total. The van der Waals surface area contributed by atoms with Gasteiger partial charge in [-0.2, -0.15) is 17.6 Å². The van der Waals surface area contributed by atoms with E-state index < -0.39 is 24.4 Å². The van der Waals surface area contributed by atoms with Crippen LogP contribution in [0.4, 0.5) is 22.4 Å². The number of carbonyl (C=O) groups excluding carboxylic acids is 1. The lowest BCUT2D eigenvalue weighted by molar-refractivity contribution is -0.279. The van der Waals surface area contributed by atoms with Crippen LogP contribution in [0.3, 0.4) is 0 Å². The van der Waals surface area contributed by atoms with Crippen molar-refractivity contribution in [3.05, 3.63) is 36.3 Å². The molecule has 0 aromatic carbocycles. The Morgan fingerprint density at radius 3 is 2.65 bits per heavy atom. The standard InChI is InChI=1S/C18H25F4NO3/c1-4-7-8-9-10-15-12-23(17(24)25-15)13(5-2)11-14(6-3)26-18(21,22)16(19)20/h5-6,11,15-16H,2,4,7-10,12H2,1,3H3/b13-11+,14-6+. The summed E-state index contributed by atoms with van der Waals surface area (Å²) in [6.45, 7) is 7.22. The molecule has 1 rings (SSSR count). The summed E-state index contributed by atoms with van der Waals surface area (Å²) < 4.78 is 60.1. The van der Waals surface area contributed by atoms with Crippen molar-refractivity contribution in [2.24, 2.45) is 0 Å². The topological polar surface area (TPSA) is 38.8 Å². The second-order valence-corrected chi connectivity index (χ2v) is 5.89. The van der Waals surface area contributed by atoms with Gasteiger partial charge in [-0.25, -0.2) is 4.79 Å². The molecule has 0 aliphatic carbocycles. The van der Waals surface area contributed by atoms with Gasteiger partial charge in [0.2, 0.25) is 0 Å². The number of hydrogen-bond acceptors (Lipinski definition) is 3. The third-order valence-electron chi connectivity index (χ3n) is 3.86. The van der Waals surface area contributed by atoms with Gasteiger partial charge in [0.25, 0.3) is 0 Å². The molecule has 1 fully saturated rings. The molecular formula is C18H25F4NO3. The van der Waals surface area contributed by atoms with E-state index in [9.17, 15) is 22.4 Å². The molecule has 0 spiro atoms. The molecule has 8 heteroatoms. The monoisotopic (exact) mass is 379 g/mol. The van der Waals surface area contributed by atoms with Gasteiger partial charge in [0.1, 0.15) is 11.9 Å². The van der Waals surface area contributed by atoms with Gasteiger partial charge in [-0.1, -0.05) is 32.8 Å². The first-order valence-corrected chi connectivity index (χ1v) is 8.58. The number of hydrogen-bond donors (Lipinski definition) is 0. The molecule has 0 aromatic rings. The predicted octanol–water partition coefficient (Wildman–Crippen LogP) is 5.63. The Bertz CT molecular complexity index is 547. The van der Waals surface area contributed by atoms with E-state index in [-0.39, 0.29) is 18.3 Å². The molecule has 1 unspecified atom stereocenters. The number of alkyl halides is 4. The highest BCUT2D eigenvalue weighted by Gasteiger charge is 2.44. The fraction of sp³-hybridized carbons (Fsp3) is 0.611. The first-order valence-electron chi connectivity index (χ1n) is 8.58. The van der Waals surface area contributed by atoms with Crippen LogP contribution in [0, 0.1) is 0 Å². The summed E-state index contributed by atoms with van der Waals surface area (Å²) in [4.78, 5) is 13.3. The summed E-state index contributed by atoms with van der Waals surface area (Å²) in [5, 5.41) is 0. The van der Waals surface area contributed by atoms with E-state index in [1.807, 2.05) is 0 Å². The average molecular weight is 379 g/mol. The van der Waals surface area contributed by atoms with Crippen LogP contribution in [-0.4, -0.2) is 36.2 Å². The molecular weight excluding hydrogens is 354 g/mol. The van der Waals surface area contributed by atoms with Gasteiger partial charge in [0, 0.05) is 6.08 Å². The minimum absolute atomic E-state index is 0.143. The van der Waals surface area contributed by atoms with Gasteiger partial charge in [-0.15, -0.1) is 0 Å². The Kier molecular flexibility index (Phi) is 8.68. The largest absolute Gasteiger partial charge is 0.461 e. The maximum absolute atomic E-state index is 13.1. The maximum atomic E-state index is 13.1. The molecule has 1 aliphatic heterocycles. The highest BCUT2D eigenvalue weighted by atomic mass is 19.3. The van der Waals surface area contributed by atoms with Crippen LogP contribution in [-0.2, 0) is 9.47 Å². The van der Waals surface area contributed by atoms with Crippen molar-refractivity contribution in [2.75, 3.05) is 6.54 Å². The molecule has 0 bridgehead atoms. The normalized spacial score (nSPS) is 19.1. The number of rotatable bonds is 11. The summed E-state index contributed by atoms with van der Waals surface area (Å²) in [5.74, 6) is -0.496. The SMILES string of the molecule is C=C/C(=C\C(=C/C)OC(F)(F)C(F)F)N1CC(CCCCCC)OC1=O. The van der Waals surface area contributed by atoms with Crippen LogP contribution in [0.15, 0.2) is 36.3 Å². The van der Waals surface area contributed by atoms with Crippen molar-refractivity contribution in [1.29, 1.82) is 0 Å². The van der Waals surface area contributed by atoms with E-state index in [4.69, 9.17) is 4.74 Å². The Morgan fingerprint density at radius 1 is 1.42 bits per heavy atom. The highest BCUT2D eigenvalue weighted by Crippen LogP contribution is 2.29. The number of ether oxygens (including phenoxy) is 2. The van der Waals surface area contributed by atoms with E-state index >= 15 is 0 Å². The van der Waals surface area contributed by atoms with Gasteiger partial charge in [-0.05, 0) is 31.9 Å². The lowest BCUT2D eigenvalue weighted by atomic mass is 10.1. The Morgan fingerprint density at radius 2 is 2.12 bits per heavy atom. The van der Waals surface area contributed by atoms with Gasteiger partial charge >= 0.3 is 18.6 Å². The number of halogens is 4. The summed E-state index contributed by atoms with van der Waals surface area (Å²) >= 11 is 0. The molecule has 1 aliphatic rings. The molecule has 0 aromatic heterocycles. The lowest BCUT2D eigenvalue weighted by Crippen LogP contribution is -2.30. The second-order valence-electron chi connectivity index (χ2n) is 5.89. The average Bonchev–Trinajstić information content (AvgIpc) is 2.95. The quantitative estimate of drug-likeness (QED) is 0.202. The summed E-state index contributed by atoms with van der Waals surface area (Å²) in [5.41, 5.74) is 0.143. The minimum Gasteiger partial charge on any atom is -0.444 e. The molecule has 4 nitrogen and oxygen atoms in total. The van der Waals surface area contributed by atoms with Crippen molar-refractivity contribution < 1.29 is 31.8 Å². The van der Waals surface area contributed by atoms with Crippen molar-refractivity contribution in [3.8, 4) is 0 Å². The van der Waals surface area contributed by atoms with Crippen LogP contribution < -0.4 is 0 Å². The first-order chi connectivity index (χ1) is 12.2. The lowest BCUT2D eigenvalue weighted by Gasteiger charge is -2.19. The molecule has 0 saturated carbocycles. The predicted molar refractivity (Wildman–Crippen MR) is 89.8 cm³/mol. The number of amides is 1. The number of unbranched alkanes of at least 4 members (excludes halogenated alkanes) is 3. The van der Waals surface area contributed by atoms with Gasteiger partial charge in [-0.3, -0.25) is 4.90 Å². The van der Waals surface area contributed by atoms with Crippen molar-refractivity contribution >= 4 is 6.09 Å². The second kappa shape index (κ2) is 10.2. The Labute approximate surface area is 151 Å². The maximum Gasteiger partial charge on any atom is 0.461 e. The van der Waals surface area contributed by atoms with Gasteiger partial charge < -0.3 is 9.47 Å². The zero-order chi connectivity index (χ0) is 19.7.